The molecule has 1 amide bonds. The minimum Gasteiger partial charge on any atom is -0.480 e. The molecule has 0 aliphatic rings. The van der Waals surface area contributed by atoms with Crippen molar-refractivity contribution in [3.05, 3.63) is 48.0 Å². The summed E-state index contributed by atoms with van der Waals surface area (Å²) in [6.07, 6.45) is 0.276. The molecule has 0 spiro atoms. The maximum absolute atomic E-state index is 11.7. The van der Waals surface area contributed by atoms with Gasteiger partial charge in [0.2, 0.25) is 5.91 Å². The van der Waals surface area contributed by atoms with E-state index in [2.05, 4.69) is 5.32 Å². The summed E-state index contributed by atoms with van der Waals surface area (Å²) in [6.45, 7) is 3.48. The Hall–Kier alpha value is -2.36. The van der Waals surface area contributed by atoms with Crippen LogP contribution in [0.1, 0.15) is 19.4 Å². The van der Waals surface area contributed by atoms with Gasteiger partial charge in [0.15, 0.2) is 0 Å². The first-order valence-electron chi connectivity index (χ1n) is 6.98. The van der Waals surface area contributed by atoms with Crippen molar-refractivity contribution in [2.45, 2.75) is 26.3 Å². The molecule has 0 fully saturated rings. The first-order chi connectivity index (χ1) is 9.97. The number of aliphatic carboxylic acids is 1. The molecule has 4 heteroatoms. The third-order valence-electron chi connectivity index (χ3n) is 3.39. The van der Waals surface area contributed by atoms with Crippen LogP contribution in [0.3, 0.4) is 0 Å². The third-order valence-corrected chi connectivity index (χ3v) is 3.39. The lowest BCUT2D eigenvalue weighted by Gasteiger charge is -2.16. The van der Waals surface area contributed by atoms with E-state index in [4.69, 9.17) is 0 Å². The summed E-state index contributed by atoms with van der Waals surface area (Å²) in [6, 6.07) is 12.8. The van der Waals surface area contributed by atoms with Crippen LogP contribution in [0.5, 0.6) is 0 Å². The fourth-order valence-corrected chi connectivity index (χ4v) is 2.14. The van der Waals surface area contributed by atoms with Gasteiger partial charge in [-0.1, -0.05) is 56.3 Å². The minimum absolute atomic E-state index is 0.233. The number of amides is 1. The average molecular weight is 285 g/mol. The van der Waals surface area contributed by atoms with E-state index in [1.165, 1.54) is 0 Å². The van der Waals surface area contributed by atoms with E-state index in [1.54, 1.807) is 13.8 Å². The second kappa shape index (κ2) is 6.39. The molecule has 0 bridgehead atoms. The first kappa shape index (κ1) is 15.0. The lowest BCUT2D eigenvalue weighted by molar-refractivity contribution is -0.142. The van der Waals surface area contributed by atoms with Crippen molar-refractivity contribution in [2.24, 2.45) is 5.92 Å². The number of benzene rings is 2. The zero-order chi connectivity index (χ0) is 15.4. The molecule has 4 nitrogen and oxygen atoms in total. The van der Waals surface area contributed by atoms with Crippen molar-refractivity contribution in [2.75, 3.05) is 0 Å². The number of carbonyl (C=O) groups is 2. The lowest BCUT2D eigenvalue weighted by Crippen LogP contribution is -2.44. The van der Waals surface area contributed by atoms with Gasteiger partial charge >= 0.3 is 5.97 Å². The van der Waals surface area contributed by atoms with Crippen LogP contribution in [0.2, 0.25) is 0 Å². The highest BCUT2D eigenvalue weighted by Gasteiger charge is 2.21. The van der Waals surface area contributed by atoms with E-state index < -0.39 is 12.0 Å². The topological polar surface area (TPSA) is 66.4 Å². The highest BCUT2D eigenvalue weighted by atomic mass is 16.4. The van der Waals surface area contributed by atoms with E-state index in [0.717, 1.165) is 16.3 Å². The second-order valence-electron chi connectivity index (χ2n) is 5.44. The Morgan fingerprint density at radius 2 is 1.76 bits per heavy atom. The van der Waals surface area contributed by atoms with E-state index in [9.17, 15) is 14.7 Å². The Balaban J connectivity index is 2.18. The van der Waals surface area contributed by atoms with Crippen LogP contribution in [-0.2, 0) is 16.0 Å². The molecule has 0 aliphatic carbocycles. The van der Waals surface area contributed by atoms with Gasteiger partial charge < -0.3 is 10.4 Å². The van der Waals surface area contributed by atoms with Gasteiger partial charge in [0, 0.05) is 12.3 Å². The quantitative estimate of drug-likeness (QED) is 0.887. The predicted molar refractivity (Wildman–Crippen MR) is 82.1 cm³/mol. The molecule has 110 valence electrons. The van der Waals surface area contributed by atoms with Crippen LogP contribution >= 0.6 is 0 Å². The standard InChI is InChI=1S/C17H19NO3/c1-11(2)16(19)18-15(17(20)21)10-12-7-8-13-5-3-4-6-14(13)9-12/h3-9,11,15H,10H2,1-2H3,(H,18,19)(H,20,21)/t15-/m0/s1. The van der Waals surface area contributed by atoms with Gasteiger partial charge in [0.1, 0.15) is 6.04 Å². The van der Waals surface area contributed by atoms with Crippen LogP contribution in [0.25, 0.3) is 10.8 Å². The van der Waals surface area contributed by atoms with E-state index in [-0.39, 0.29) is 18.2 Å². The van der Waals surface area contributed by atoms with Crippen LogP contribution < -0.4 is 5.32 Å². The molecule has 0 unspecified atom stereocenters. The Morgan fingerprint density at radius 1 is 1.10 bits per heavy atom. The Bertz CT molecular complexity index is 664. The number of hydrogen-bond donors (Lipinski definition) is 2. The molecule has 1 atom stereocenters. The minimum atomic E-state index is -1.02. The molecule has 0 radical (unpaired) electrons. The van der Waals surface area contributed by atoms with Gasteiger partial charge in [-0.25, -0.2) is 4.79 Å². The molecule has 2 aromatic rings. The number of rotatable bonds is 5. The summed E-state index contributed by atoms with van der Waals surface area (Å²) in [5.41, 5.74) is 0.894. The first-order valence-corrected chi connectivity index (χ1v) is 6.98. The number of carboxylic acid groups (broad SMARTS) is 1. The van der Waals surface area contributed by atoms with Gasteiger partial charge in [0.05, 0.1) is 0 Å². The summed E-state index contributed by atoms with van der Waals surface area (Å²) >= 11 is 0. The zero-order valence-corrected chi connectivity index (χ0v) is 12.2. The summed E-state index contributed by atoms with van der Waals surface area (Å²) in [4.78, 5) is 23.0. The third kappa shape index (κ3) is 3.81. The van der Waals surface area contributed by atoms with Gasteiger partial charge in [-0.15, -0.1) is 0 Å². The van der Waals surface area contributed by atoms with Crippen LogP contribution in [-0.4, -0.2) is 23.0 Å². The monoisotopic (exact) mass is 285 g/mol. The highest BCUT2D eigenvalue weighted by Crippen LogP contribution is 2.16. The fourth-order valence-electron chi connectivity index (χ4n) is 2.14. The summed E-state index contributed by atoms with van der Waals surface area (Å²) in [5, 5.41) is 14.0. The van der Waals surface area contributed by atoms with Crippen molar-refractivity contribution in [1.82, 2.24) is 5.32 Å². The smallest absolute Gasteiger partial charge is 0.326 e. The molecule has 0 aromatic heterocycles. The number of hydrogen-bond acceptors (Lipinski definition) is 2. The van der Waals surface area contributed by atoms with Crippen LogP contribution in [0.4, 0.5) is 0 Å². The Morgan fingerprint density at radius 3 is 2.38 bits per heavy atom. The van der Waals surface area contributed by atoms with Crippen LogP contribution in [0, 0.1) is 5.92 Å². The number of nitrogens with one attached hydrogen (secondary N) is 1. The molecule has 2 rings (SSSR count). The summed E-state index contributed by atoms with van der Waals surface area (Å²) < 4.78 is 0. The normalized spacial score (nSPS) is 12.3. The van der Waals surface area contributed by atoms with E-state index in [1.807, 2.05) is 42.5 Å². The van der Waals surface area contributed by atoms with Crippen LogP contribution in [0.15, 0.2) is 42.5 Å². The number of carbonyl (C=O) groups excluding carboxylic acids is 1. The largest absolute Gasteiger partial charge is 0.480 e. The molecular weight excluding hydrogens is 266 g/mol. The molecule has 0 aliphatic heterocycles. The zero-order valence-electron chi connectivity index (χ0n) is 12.2. The average Bonchev–Trinajstić information content (AvgIpc) is 2.46. The SMILES string of the molecule is CC(C)C(=O)N[C@@H](Cc1ccc2ccccc2c1)C(=O)O. The molecule has 2 N–H and O–H groups in total. The molecule has 0 saturated carbocycles. The highest BCUT2D eigenvalue weighted by molar-refractivity contribution is 5.85. The maximum Gasteiger partial charge on any atom is 0.326 e. The van der Waals surface area contributed by atoms with Crippen molar-refractivity contribution in [1.29, 1.82) is 0 Å². The van der Waals surface area contributed by atoms with Gasteiger partial charge in [0.25, 0.3) is 0 Å². The summed E-state index contributed by atoms with van der Waals surface area (Å²) in [5.74, 6) is -1.50. The van der Waals surface area contributed by atoms with Gasteiger partial charge in [-0.2, -0.15) is 0 Å². The van der Waals surface area contributed by atoms with Crippen molar-refractivity contribution < 1.29 is 14.7 Å². The number of fused-ring (bicyclic) bond motifs is 1. The van der Waals surface area contributed by atoms with E-state index >= 15 is 0 Å². The van der Waals surface area contributed by atoms with Gasteiger partial charge in [-0.3, -0.25) is 4.79 Å². The second-order valence-corrected chi connectivity index (χ2v) is 5.44. The van der Waals surface area contributed by atoms with E-state index in [0.29, 0.717) is 0 Å². The molecule has 21 heavy (non-hydrogen) atoms. The Kier molecular flexibility index (Phi) is 4.58. The molecule has 2 aromatic carbocycles. The number of carboxylic acids is 1. The predicted octanol–water partition coefficient (Wildman–Crippen LogP) is 2.61. The molecule has 0 saturated heterocycles. The van der Waals surface area contributed by atoms with Crippen molar-refractivity contribution in [3.8, 4) is 0 Å². The Labute approximate surface area is 123 Å². The summed E-state index contributed by atoms with van der Waals surface area (Å²) in [7, 11) is 0. The molecular formula is C17H19NO3. The van der Waals surface area contributed by atoms with Gasteiger partial charge in [-0.05, 0) is 16.3 Å². The van der Waals surface area contributed by atoms with Crippen molar-refractivity contribution in [3.63, 3.8) is 0 Å². The fraction of sp³-hybridized carbons (Fsp3) is 0.294. The lowest BCUT2D eigenvalue weighted by atomic mass is 10.0. The molecule has 0 heterocycles. The van der Waals surface area contributed by atoms with Crippen molar-refractivity contribution >= 4 is 22.6 Å². The maximum atomic E-state index is 11.7.